The van der Waals surface area contributed by atoms with E-state index in [1.165, 1.54) is 25.6 Å². The molecule has 0 bridgehead atoms. The predicted octanol–water partition coefficient (Wildman–Crippen LogP) is 2.60. The molecule has 98 valence electrons. The normalized spacial score (nSPS) is 14.4. The van der Waals surface area contributed by atoms with Crippen LogP contribution in [0.5, 0.6) is 0 Å². The fraction of sp³-hybridized carbons (Fsp3) is 0.333. The van der Waals surface area contributed by atoms with Crippen molar-refractivity contribution >= 4 is 5.97 Å². The van der Waals surface area contributed by atoms with Crippen LogP contribution in [-0.4, -0.2) is 22.9 Å². The first-order valence-corrected chi connectivity index (χ1v) is 6.47. The molecule has 1 fully saturated rings. The van der Waals surface area contributed by atoms with Crippen molar-refractivity contribution in [1.82, 2.24) is 9.78 Å². The molecule has 0 saturated heterocycles. The number of rotatable bonds is 4. The molecule has 4 nitrogen and oxygen atoms in total. The maximum absolute atomic E-state index is 11.3. The Morgan fingerprint density at radius 2 is 2.05 bits per heavy atom. The van der Waals surface area contributed by atoms with Crippen molar-refractivity contribution in [1.29, 1.82) is 0 Å². The number of hydrogen-bond acceptors (Lipinski definition) is 3. The van der Waals surface area contributed by atoms with Crippen molar-refractivity contribution in [3.8, 4) is 0 Å². The number of benzene rings is 1. The molecular weight excluding hydrogens is 240 g/mol. The Hall–Kier alpha value is -2.10. The first kappa shape index (κ1) is 12.0. The molecule has 3 rings (SSSR count). The summed E-state index contributed by atoms with van der Waals surface area (Å²) < 4.78 is 6.62. The number of esters is 1. The van der Waals surface area contributed by atoms with Crippen LogP contribution in [0.15, 0.2) is 36.5 Å². The van der Waals surface area contributed by atoms with Crippen LogP contribution in [0.3, 0.4) is 0 Å². The monoisotopic (exact) mass is 256 g/mol. The zero-order chi connectivity index (χ0) is 13.2. The Balaban J connectivity index is 1.69. The van der Waals surface area contributed by atoms with Crippen molar-refractivity contribution in [2.45, 2.75) is 25.3 Å². The molecule has 0 atom stereocenters. The molecule has 0 N–H and O–H groups in total. The van der Waals surface area contributed by atoms with Crippen molar-refractivity contribution in [3.63, 3.8) is 0 Å². The minimum Gasteiger partial charge on any atom is -0.465 e. The van der Waals surface area contributed by atoms with Crippen LogP contribution < -0.4 is 0 Å². The van der Waals surface area contributed by atoms with Crippen LogP contribution in [0, 0.1) is 0 Å². The molecule has 1 saturated carbocycles. The largest absolute Gasteiger partial charge is 0.465 e. The van der Waals surface area contributed by atoms with Crippen LogP contribution in [0.4, 0.5) is 0 Å². The number of aromatic nitrogens is 2. The van der Waals surface area contributed by atoms with Gasteiger partial charge in [0.05, 0.1) is 24.9 Å². The average Bonchev–Trinajstić information content (AvgIpc) is 3.20. The van der Waals surface area contributed by atoms with Gasteiger partial charge in [0.15, 0.2) is 0 Å². The molecular formula is C15H16N2O2. The van der Waals surface area contributed by atoms with Gasteiger partial charge in [0, 0.05) is 12.1 Å². The molecule has 2 aromatic rings. The van der Waals surface area contributed by atoms with E-state index in [0.717, 1.165) is 12.1 Å². The maximum atomic E-state index is 11.3. The quantitative estimate of drug-likeness (QED) is 0.790. The van der Waals surface area contributed by atoms with E-state index < -0.39 is 0 Å². The number of hydrogen-bond donors (Lipinski definition) is 0. The van der Waals surface area contributed by atoms with E-state index in [0.29, 0.717) is 11.5 Å². The molecule has 1 aliphatic carbocycles. The highest BCUT2D eigenvalue weighted by Crippen LogP contribution is 2.38. The SMILES string of the molecule is COC(=O)c1ccc(Cn2ccc(C3CC3)n2)cc1. The molecule has 1 heterocycles. The van der Waals surface area contributed by atoms with Gasteiger partial charge in [-0.1, -0.05) is 12.1 Å². The third kappa shape index (κ3) is 2.67. The Morgan fingerprint density at radius 1 is 1.32 bits per heavy atom. The summed E-state index contributed by atoms with van der Waals surface area (Å²) in [5, 5.41) is 4.57. The van der Waals surface area contributed by atoms with Gasteiger partial charge in [-0.3, -0.25) is 4.68 Å². The lowest BCUT2D eigenvalue weighted by molar-refractivity contribution is 0.0600. The second-order valence-electron chi connectivity index (χ2n) is 4.90. The average molecular weight is 256 g/mol. The summed E-state index contributed by atoms with van der Waals surface area (Å²) in [4.78, 5) is 11.3. The lowest BCUT2D eigenvalue weighted by Gasteiger charge is -2.03. The van der Waals surface area contributed by atoms with Gasteiger partial charge in [0.25, 0.3) is 0 Å². The zero-order valence-corrected chi connectivity index (χ0v) is 10.9. The van der Waals surface area contributed by atoms with Crippen LogP contribution in [-0.2, 0) is 11.3 Å². The minimum absolute atomic E-state index is 0.304. The van der Waals surface area contributed by atoms with E-state index in [4.69, 9.17) is 0 Å². The van der Waals surface area contributed by atoms with Crippen molar-refractivity contribution < 1.29 is 9.53 Å². The van der Waals surface area contributed by atoms with E-state index >= 15 is 0 Å². The smallest absolute Gasteiger partial charge is 0.337 e. The topological polar surface area (TPSA) is 44.1 Å². The Labute approximate surface area is 112 Å². The van der Waals surface area contributed by atoms with E-state index in [1.54, 1.807) is 12.1 Å². The van der Waals surface area contributed by atoms with Crippen molar-refractivity contribution in [2.24, 2.45) is 0 Å². The second kappa shape index (κ2) is 4.88. The highest BCUT2D eigenvalue weighted by atomic mass is 16.5. The molecule has 0 unspecified atom stereocenters. The minimum atomic E-state index is -0.304. The van der Waals surface area contributed by atoms with Gasteiger partial charge in [0.2, 0.25) is 0 Å². The highest BCUT2D eigenvalue weighted by Gasteiger charge is 2.25. The van der Waals surface area contributed by atoms with E-state index in [9.17, 15) is 4.79 Å². The summed E-state index contributed by atoms with van der Waals surface area (Å²) in [6.07, 6.45) is 4.55. The fourth-order valence-corrected chi connectivity index (χ4v) is 2.11. The second-order valence-corrected chi connectivity index (χ2v) is 4.90. The first-order chi connectivity index (χ1) is 9.26. The number of carbonyl (C=O) groups is 1. The Kier molecular flexibility index (Phi) is 3.07. The molecule has 0 amide bonds. The molecule has 1 aromatic heterocycles. The first-order valence-electron chi connectivity index (χ1n) is 6.47. The molecule has 0 spiro atoms. The number of carbonyl (C=O) groups excluding carboxylic acids is 1. The van der Waals surface area contributed by atoms with E-state index in [1.807, 2.05) is 23.0 Å². The summed E-state index contributed by atoms with van der Waals surface area (Å²) in [5.74, 6) is 0.379. The third-order valence-corrected chi connectivity index (χ3v) is 3.38. The lowest BCUT2D eigenvalue weighted by atomic mass is 10.1. The zero-order valence-electron chi connectivity index (χ0n) is 10.9. The Bertz CT molecular complexity index is 582. The van der Waals surface area contributed by atoms with Gasteiger partial charge in [-0.15, -0.1) is 0 Å². The van der Waals surface area contributed by atoms with Gasteiger partial charge >= 0.3 is 5.97 Å². The van der Waals surface area contributed by atoms with Gasteiger partial charge in [0.1, 0.15) is 0 Å². The molecule has 1 aromatic carbocycles. The maximum Gasteiger partial charge on any atom is 0.337 e. The number of ether oxygens (including phenoxy) is 1. The summed E-state index contributed by atoms with van der Waals surface area (Å²) in [5.41, 5.74) is 2.90. The van der Waals surface area contributed by atoms with Crippen LogP contribution in [0.25, 0.3) is 0 Å². The third-order valence-electron chi connectivity index (χ3n) is 3.38. The summed E-state index contributed by atoms with van der Waals surface area (Å²) in [6, 6.07) is 9.54. The summed E-state index contributed by atoms with van der Waals surface area (Å²) in [7, 11) is 1.39. The van der Waals surface area contributed by atoms with Crippen LogP contribution >= 0.6 is 0 Å². The molecule has 19 heavy (non-hydrogen) atoms. The fourth-order valence-electron chi connectivity index (χ4n) is 2.11. The van der Waals surface area contributed by atoms with Crippen molar-refractivity contribution in [3.05, 3.63) is 53.3 Å². The van der Waals surface area contributed by atoms with Crippen molar-refractivity contribution in [2.75, 3.05) is 7.11 Å². The predicted molar refractivity (Wildman–Crippen MR) is 71.1 cm³/mol. The molecule has 1 aliphatic rings. The highest BCUT2D eigenvalue weighted by molar-refractivity contribution is 5.89. The van der Waals surface area contributed by atoms with E-state index in [2.05, 4.69) is 15.9 Å². The summed E-state index contributed by atoms with van der Waals surface area (Å²) in [6.45, 7) is 0.730. The van der Waals surface area contributed by atoms with E-state index in [-0.39, 0.29) is 5.97 Å². The van der Waals surface area contributed by atoms with Crippen LogP contribution in [0.2, 0.25) is 0 Å². The lowest BCUT2D eigenvalue weighted by Crippen LogP contribution is -2.03. The van der Waals surface area contributed by atoms with Gasteiger partial charge in [-0.2, -0.15) is 5.10 Å². The Morgan fingerprint density at radius 3 is 2.68 bits per heavy atom. The number of methoxy groups -OCH3 is 1. The molecule has 0 aliphatic heterocycles. The molecule has 4 heteroatoms. The number of nitrogens with zero attached hydrogens (tertiary/aromatic N) is 2. The standard InChI is InChI=1S/C15H16N2O2/c1-19-15(18)13-4-2-11(3-5-13)10-17-9-8-14(16-17)12-6-7-12/h2-5,8-9,12H,6-7,10H2,1H3. The molecule has 0 radical (unpaired) electrons. The van der Waals surface area contributed by atoms with Gasteiger partial charge in [-0.25, -0.2) is 4.79 Å². The van der Waals surface area contributed by atoms with Gasteiger partial charge < -0.3 is 4.74 Å². The summed E-state index contributed by atoms with van der Waals surface area (Å²) >= 11 is 0. The van der Waals surface area contributed by atoms with Crippen LogP contribution in [0.1, 0.15) is 40.4 Å². The van der Waals surface area contributed by atoms with Gasteiger partial charge in [-0.05, 0) is 36.6 Å².